The van der Waals surface area contributed by atoms with Crippen molar-refractivity contribution in [3.63, 3.8) is 0 Å². The molecule has 1 heterocycles. The van der Waals surface area contributed by atoms with Crippen molar-refractivity contribution in [3.8, 4) is 5.75 Å². The van der Waals surface area contributed by atoms with Gasteiger partial charge in [-0.3, -0.25) is 4.79 Å². The summed E-state index contributed by atoms with van der Waals surface area (Å²) >= 11 is 0. The van der Waals surface area contributed by atoms with Crippen LogP contribution in [0.25, 0.3) is 10.9 Å². The summed E-state index contributed by atoms with van der Waals surface area (Å²) in [4.78, 5) is 26.7. The molecule has 1 amide bonds. The average molecular weight is 456 g/mol. The molecule has 1 fully saturated rings. The maximum Gasteiger partial charge on any atom is 0.419 e. The van der Waals surface area contributed by atoms with Crippen LogP contribution in [-0.4, -0.2) is 29.2 Å². The number of hydrogen-bond donors (Lipinski definition) is 0. The molecular formula is C25H26F2N2O4. The summed E-state index contributed by atoms with van der Waals surface area (Å²) in [5, 5.41) is 0.355. The summed E-state index contributed by atoms with van der Waals surface area (Å²) in [6, 6.07) is 10.6. The number of hydrogen-bond acceptors (Lipinski definition) is 4. The number of fused-ring (bicyclic) bond motifs is 1. The Balaban J connectivity index is 1.57. The van der Waals surface area contributed by atoms with Crippen LogP contribution in [0, 0.1) is 17.6 Å². The van der Waals surface area contributed by atoms with Crippen molar-refractivity contribution in [3.05, 3.63) is 59.8 Å². The highest BCUT2D eigenvalue weighted by atomic mass is 19.2. The van der Waals surface area contributed by atoms with Gasteiger partial charge < -0.3 is 14.4 Å². The van der Waals surface area contributed by atoms with Gasteiger partial charge >= 0.3 is 6.09 Å². The zero-order valence-corrected chi connectivity index (χ0v) is 19.0. The summed E-state index contributed by atoms with van der Waals surface area (Å²) in [6.45, 7) is 5.13. The van der Waals surface area contributed by atoms with Crippen LogP contribution < -0.4 is 9.64 Å². The monoisotopic (exact) mass is 456 g/mol. The van der Waals surface area contributed by atoms with E-state index in [9.17, 15) is 18.4 Å². The molecular weight excluding hydrogens is 430 g/mol. The third-order valence-electron chi connectivity index (χ3n) is 5.36. The van der Waals surface area contributed by atoms with E-state index in [0.29, 0.717) is 16.8 Å². The molecule has 1 aliphatic rings. The van der Waals surface area contributed by atoms with Crippen molar-refractivity contribution in [1.82, 2.24) is 4.57 Å². The van der Waals surface area contributed by atoms with Crippen LogP contribution in [0.3, 0.4) is 0 Å². The molecule has 33 heavy (non-hydrogen) atoms. The van der Waals surface area contributed by atoms with Crippen LogP contribution >= 0.6 is 0 Å². The van der Waals surface area contributed by atoms with Crippen molar-refractivity contribution in [2.24, 2.45) is 5.92 Å². The second-order valence-corrected chi connectivity index (χ2v) is 9.23. The molecule has 0 radical (unpaired) electrons. The van der Waals surface area contributed by atoms with Gasteiger partial charge in [0.15, 0.2) is 11.6 Å². The number of carbonyl (C=O) groups excluding carboxylic acids is 2. The smallest absolute Gasteiger partial charge is 0.419 e. The Morgan fingerprint density at radius 3 is 2.30 bits per heavy atom. The minimum atomic E-state index is -1.06. The average Bonchev–Trinajstić information content (AvgIpc) is 3.53. The highest BCUT2D eigenvalue weighted by Crippen LogP contribution is 2.32. The van der Waals surface area contributed by atoms with E-state index in [1.54, 1.807) is 63.1 Å². The Bertz CT molecular complexity index is 1210. The molecule has 4 rings (SSSR count). The van der Waals surface area contributed by atoms with E-state index >= 15 is 0 Å². The molecule has 0 aliphatic heterocycles. The number of rotatable bonds is 5. The number of carbonyl (C=O) groups is 2. The second-order valence-electron chi connectivity index (χ2n) is 9.23. The van der Waals surface area contributed by atoms with Gasteiger partial charge in [0.2, 0.25) is 5.91 Å². The molecule has 1 saturated carbocycles. The molecule has 0 saturated heterocycles. The number of aromatic nitrogens is 1. The molecule has 1 aromatic heterocycles. The maximum absolute atomic E-state index is 13.9. The SMILES string of the molecule is CN(C(=O)C1CC1)c1ccc(OCc2cc3cc(F)c(F)cc3n2C(=O)OC(C)(C)C)cc1. The van der Waals surface area contributed by atoms with Gasteiger partial charge in [0.1, 0.15) is 18.0 Å². The summed E-state index contributed by atoms with van der Waals surface area (Å²) in [6.07, 6.45) is 1.16. The predicted octanol–water partition coefficient (Wildman–Crippen LogP) is 5.65. The van der Waals surface area contributed by atoms with E-state index in [1.807, 2.05) is 0 Å². The predicted molar refractivity (Wildman–Crippen MR) is 120 cm³/mol. The topological polar surface area (TPSA) is 60.8 Å². The minimum absolute atomic E-state index is 0.0344. The standard InChI is InChI=1S/C25H26F2N2O4/c1-25(2,3)33-24(31)29-18(11-16-12-20(26)21(27)13-22(16)29)14-32-19-9-7-17(8-10-19)28(4)23(30)15-5-6-15/h7-13,15H,5-6,14H2,1-4H3. The molecule has 0 unspecified atom stereocenters. The Kier molecular flexibility index (Phi) is 5.86. The second kappa shape index (κ2) is 8.50. The first-order chi connectivity index (χ1) is 15.5. The molecule has 8 heteroatoms. The number of halogens is 2. The van der Waals surface area contributed by atoms with Gasteiger partial charge in [-0.15, -0.1) is 0 Å². The van der Waals surface area contributed by atoms with Crippen LogP contribution in [0.1, 0.15) is 39.3 Å². The van der Waals surface area contributed by atoms with Gasteiger partial charge in [-0.05, 0) is 70.0 Å². The summed E-state index contributed by atoms with van der Waals surface area (Å²) in [5.74, 6) is -1.32. The van der Waals surface area contributed by atoms with Gasteiger partial charge in [0.05, 0.1) is 11.2 Å². The van der Waals surface area contributed by atoms with E-state index in [1.165, 1.54) is 4.57 Å². The van der Waals surface area contributed by atoms with Crippen molar-refractivity contribution >= 4 is 28.6 Å². The van der Waals surface area contributed by atoms with E-state index in [4.69, 9.17) is 9.47 Å². The normalized spacial score (nSPS) is 13.8. The first-order valence-corrected chi connectivity index (χ1v) is 10.8. The van der Waals surface area contributed by atoms with E-state index in [2.05, 4.69) is 0 Å². The number of nitrogens with zero attached hydrogens (tertiary/aromatic N) is 2. The zero-order chi connectivity index (χ0) is 23.9. The lowest BCUT2D eigenvalue weighted by atomic mass is 10.2. The van der Waals surface area contributed by atoms with Gasteiger partial charge in [0.25, 0.3) is 0 Å². The fourth-order valence-corrected chi connectivity index (χ4v) is 3.54. The molecule has 6 nitrogen and oxygen atoms in total. The van der Waals surface area contributed by atoms with Crippen molar-refractivity contribution < 1.29 is 27.8 Å². The fourth-order valence-electron chi connectivity index (χ4n) is 3.54. The highest BCUT2D eigenvalue weighted by molar-refractivity contribution is 5.96. The molecule has 0 spiro atoms. The van der Waals surface area contributed by atoms with E-state index < -0.39 is 23.3 Å². The Hall–Kier alpha value is -3.42. The van der Waals surface area contributed by atoms with Gasteiger partial charge in [-0.1, -0.05) is 0 Å². The Labute approximate surface area is 190 Å². The van der Waals surface area contributed by atoms with Crippen LogP contribution in [0.2, 0.25) is 0 Å². The summed E-state index contributed by atoms with van der Waals surface area (Å²) < 4.78 is 40.2. The highest BCUT2D eigenvalue weighted by Gasteiger charge is 2.32. The van der Waals surface area contributed by atoms with Crippen molar-refractivity contribution in [2.75, 3.05) is 11.9 Å². The molecule has 0 bridgehead atoms. The summed E-state index contributed by atoms with van der Waals surface area (Å²) in [7, 11) is 1.74. The molecule has 1 aliphatic carbocycles. The third-order valence-corrected chi connectivity index (χ3v) is 5.36. The Morgan fingerprint density at radius 2 is 1.70 bits per heavy atom. The molecule has 0 atom stereocenters. The molecule has 174 valence electrons. The number of anilines is 1. The molecule has 0 N–H and O–H groups in total. The van der Waals surface area contributed by atoms with Gasteiger partial charge in [-0.2, -0.15) is 0 Å². The maximum atomic E-state index is 13.9. The van der Waals surface area contributed by atoms with Crippen LogP contribution in [0.15, 0.2) is 42.5 Å². The lowest BCUT2D eigenvalue weighted by molar-refractivity contribution is -0.119. The fraction of sp³-hybridized carbons (Fsp3) is 0.360. The van der Waals surface area contributed by atoms with Crippen molar-refractivity contribution in [1.29, 1.82) is 0 Å². The van der Waals surface area contributed by atoms with Gasteiger partial charge in [-0.25, -0.2) is 18.1 Å². The number of benzene rings is 2. The van der Waals surface area contributed by atoms with Crippen LogP contribution in [0.5, 0.6) is 5.75 Å². The lowest BCUT2D eigenvalue weighted by Crippen LogP contribution is -2.28. The molecule has 3 aromatic rings. The minimum Gasteiger partial charge on any atom is -0.487 e. The van der Waals surface area contributed by atoms with E-state index in [0.717, 1.165) is 30.7 Å². The number of amides is 1. The third kappa shape index (κ3) is 4.99. The van der Waals surface area contributed by atoms with Gasteiger partial charge in [0, 0.05) is 30.1 Å². The first kappa shape index (κ1) is 22.8. The van der Waals surface area contributed by atoms with E-state index in [-0.39, 0.29) is 23.9 Å². The largest absolute Gasteiger partial charge is 0.487 e. The van der Waals surface area contributed by atoms with Crippen LogP contribution in [0.4, 0.5) is 19.3 Å². The zero-order valence-electron chi connectivity index (χ0n) is 19.0. The quantitative estimate of drug-likeness (QED) is 0.498. The van der Waals surface area contributed by atoms with Crippen molar-refractivity contribution in [2.45, 2.75) is 45.8 Å². The number of ether oxygens (including phenoxy) is 2. The van der Waals surface area contributed by atoms with Crippen LogP contribution in [-0.2, 0) is 16.1 Å². The lowest BCUT2D eigenvalue weighted by Gasteiger charge is -2.21. The first-order valence-electron chi connectivity index (χ1n) is 10.8. The summed E-state index contributed by atoms with van der Waals surface area (Å²) in [5.41, 5.74) is 0.559. The molecule has 2 aromatic carbocycles. The Morgan fingerprint density at radius 1 is 1.06 bits per heavy atom.